The standard InChI is InChI=1S/C25H20ClFN4O2/c1-2-23(32)30-13-11-17(15-30)31-21-10-12-28-14-19(21)25(29-31)16-6-8-18(9-7-16)33-22-5-3-4-20(26)24(22)27/h2-10,12,14,17H,1,11,13,15H2. The second kappa shape index (κ2) is 8.67. The highest BCUT2D eigenvalue weighted by Gasteiger charge is 2.28. The van der Waals surface area contributed by atoms with Crippen LogP contribution in [0.1, 0.15) is 12.5 Å². The minimum absolute atomic E-state index is 0.00824. The molecule has 1 unspecified atom stereocenters. The Kier molecular flexibility index (Phi) is 5.56. The first kappa shape index (κ1) is 21.2. The number of carbonyl (C=O) groups excluding carboxylic acids is 1. The summed E-state index contributed by atoms with van der Waals surface area (Å²) >= 11 is 5.83. The number of likely N-dealkylation sites (tertiary alicyclic amines) is 1. The SMILES string of the molecule is C=CC(=O)N1CCC(n2nc(-c3ccc(Oc4cccc(Cl)c4F)cc3)c3cnccc32)C1. The number of hydrogen-bond acceptors (Lipinski definition) is 4. The van der Waals surface area contributed by atoms with Gasteiger partial charge in [-0.05, 0) is 55.0 Å². The largest absolute Gasteiger partial charge is 0.454 e. The summed E-state index contributed by atoms with van der Waals surface area (Å²) < 4.78 is 21.8. The van der Waals surface area contributed by atoms with Gasteiger partial charge in [0.2, 0.25) is 5.91 Å². The van der Waals surface area contributed by atoms with Crippen molar-refractivity contribution in [2.24, 2.45) is 0 Å². The van der Waals surface area contributed by atoms with Crippen LogP contribution >= 0.6 is 11.6 Å². The van der Waals surface area contributed by atoms with Crippen LogP contribution in [0.25, 0.3) is 22.2 Å². The molecule has 5 rings (SSSR count). The van der Waals surface area contributed by atoms with Crippen molar-refractivity contribution in [1.29, 1.82) is 0 Å². The van der Waals surface area contributed by atoms with E-state index in [1.165, 1.54) is 18.2 Å². The zero-order chi connectivity index (χ0) is 22.9. The van der Waals surface area contributed by atoms with Gasteiger partial charge in [-0.2, -0.15) is 5.10 Å². The van der Waals surface area contributed by atoms with E-state index in [2.05, 4.69) is 11.6 Å². The molecule has 1 aliphatic rings. The van der Waals surface area contributed by atoms with E-state index in [9.17, 15) is 9.18 Å². The molecule has 0 bridgehead atoms. The minimum Gasteiger partial charge on any atom is -0.454 e. The monoisotopic (exact) mass is 462 g/mol. The first-order valence-electron chi connectivity index (χ1n) is 10.5. The molecule has 4 aromatic rings. The maximum Gasteiger partial charge on any atom is 0.246 e. The summed E-state index contributed by atoms with van der Waals surface area (Å²) in [6.45, 7) is 4.83. The highest BCUT2D eigenvalue weighted by Crippen LogP contribution is 2.34. The molecule has 8 heteroatoms. The zero-order valence-electron chi connectivity index (χ0n) is 17.6. The molecule has 0 aliphatic carbocycles. The number of rotatable bonds is 5. The molecule has 1 atom stereocenters. The molecule has 6 nitrogen and oxygen atoms in total. The third kappa shape index (κ3) is 3.96. The number of amides is 1. The fourth-order valence-corrected chi connectivity index (χ4v) is 4.28. The van der Waals surface area contributed by atoms with E-state index in [-0.39, 0.29) is 22.7 Å². The van der Waals surface area contributed by atoms with E-state index >= 15 is 0 Å². The maximum absolute atomic E-state index is 14.2. The second-order valence-electron chi connectivity index (χ2n) is 7.80. The topological polar surface area (TPSA) is 60.2 Å². The molecule has 2 aromatic heterocycles. The molecule has 1 amide bonds. The number of fused-ring (bicyclic) bond motifs is 1. The van der Waals surface area contributed by atoms with Crippen molar-refractivity contribution in [3.63, 3.8) is 0 Å². The average molecular weight is 463 g/mol. The van der Waals surface area contributed by atoms with E-state index in [0.717, 1.165) is 28.6 Å². The Labute approximate surface area is 194 Å². The molecule has 0 radical (unpaired) electrons. The fraction of sp³-hybridized carbons (Fsp3) is 0.160. The third-order valence-corrected chi connectivity index (χ3v) is 6.07. The summed E-state index contributed by atoms with van der Waals surface area (Å²) in [4.78, 5) is 18.1. The van der Waals surface area contributed by atoms with Gasteiger partial charge in [-0.1, -0.05) is 24.2 Å². The van der Waals surface area contributed by atoms with Gasteiger partial charge < -0.3 is 9.64 Å². The van der Waals surface area contributed by atoms with Crippen LogP contribution in [0, 0.1) is 5.82 Å². The van der Waals surface area contributed by atoms with Gasteiger partial charge in [0.25, 0.3) is 0 Å². The number of pyridine rings is 1. The number of benzene rings is 2. The number of carbonyl (C=O) groups is 1. The van der Waals surface area contributed by atoms with Crippen LogP contribution < -0.4 is 4.74 Å². The Morgan fingerprint density at radius 2 is 2.03 bits per heavy atom. The second-order valence-corrected chi connectivity index (χ2v) is 8.20. The molecule has 0 saturated carbocycles. The van der Waals surface area contributed by atoms with Crippen LogP contribution in [-0.4, -0.2) is 38.7 Å². The lowest BCUT2D eigenvalue weighted by Gasteiger charge is -2.15. The van der Waals surface area contributed by atoms with Crippen molar-refractivity contribution in [3.05, 3.63) is 84.4 Å². The van der Waals surface area contributed by atoms with Crippen molar-refractivity contribution >= 4 is 28.4 Å². The van der Waals surface area contributed by atoms with Crippen molar-refractivity contribution in [2.75, 3.05) is 13.1 Å². The summed E-state index contributed by atoms with van der Waals surface area (Å²) in [6, 6.07) is 13.9. The van der Waals surface area contributed by atoms with Crippen molar-refractivity contribution in [3.8, 4) is 22.8 Å². The Hall–Kier alpha value is -3.71. The third-order valence-electron chi connectivity index (χ3n) is 5.78. The molecule has 33 heavy (non-hydrogen) atoms. The quantitative estimate of drug-likeness (QED) is 0.360. The van der Waals surface area contributed by atoms with E-state index in [1.54, 1.807) is 35.5 Å². The molecular formula is C25H20ClFN4O2. The smallest absolute Gasteiger partial charge is 0.246 e. The van der Waals surface area contributed by atoms with Gasteiger partial charge in [-0.3, -0.25) is 14.5 Å². The van der Waals surface area contributed by atoms with Gasteiger partial charge in [0.15, 0.2) is 11.6 Å². The van der Waals surface area contributed by atoms with Crippen molar-refractivity contribution < 1.29 is 13.9 Å². The Morgan fingerprint density at radius 1 is 1.21 bits per heavy atom. The van der Waals surface area contributed by atoms with Crippen molar-refractivity contribution in [1.82, 2.24) is 19.7 Å². The molecule has 3 heterocycles. The van der Waals surface area contributed by atoms with Gasteiger partial charge in [-0.15, -0.1) is 0 Å². The lowest BCUT2D eigenvalue weighted by Crippen LogP contribution is -2.27. The van der Waals surface area contributed by atoms with Gasteiger partial charge in [0.05, 0.1) is 16.6 Å². The summed E-state index contributed by atoms with van der Waals surface area (Å²) in [7, 11) is 0. The Balaban J connectivity index is 1.45. The number of aromatic nitrogens is 3. The maximum atomic E-state index is 14.2. The number of ether oxygens (including phenoxy) is 1. The van der Waals surface area contributed by atoms with Crippen LogP contribution in [0.15, 0.2) is 73.6 Å². The van der Waals surface area contributed by atoms with E-state index in [4.69, 9.17) is 21.4 Å². The number of halogens is 2. The van der Waals surface area contributed by atoms with E-state index < -0.39 is 5.82 Å². The normalized spacial score (nSPS) is 15.7. The summed E-state index contributed by atoms with van der Waals surface area (Å²) in [6.07, 6.45) is 5.69. The van der Waals surface area contributed by atoms with E-state index in [0.29, 0.717) is 18.8 Å². The van der Waals surface area contributed by atoms with Crippen LogP contribution in [0.3, 0.4) is 0 Å². The number of hydrogen-bond donors (Lipinski definition) is 0. The van der Waals surface area contributed by atoms with Crippen LogP contribution in [0.4, 0.5) is 4.39 Å². The predicted molar refractivity (Wildman–Crippen MR) is 125 cm³/mol. The highest BCUT2D eigenvalue weighted by molar-refractivity contribution is 6.30. The molecule has 1 fully saturated rings. The van der Waals surface area contributed by atoms with Crippen LogP contribution in [0.2, 0.25) is 5.02 Å². The Morgan fingerprint density at radius 3 is 2.82 bits per heavy atom. The van der Waals surface area contributed by atoms with Crippen molar-refractivity contribution in [2.45, 2.75) is 12.5 Å². The molecular weight excluding hydrogens is 443 g/mol. The highest BCUT2D eigenvalue weighted by atomic mass is 35.5. The molecule has 1 aliphatic heterocycles. The first-order chi connectivity index (χ1) is 16.0. The molecule has 2 aromatic carbocycles. The summed E-state index contributed by atoms with van der Waals surface area (Å²) in [5.74, 6) is -0.118. The van der Waals surface area contributed by atoms with Gasteiger partial charge in [0.1, 0.15) is 11.4 Å². The average Bonchev–Trinajstić information content (AvgIpc) is 3.47. The lowest BCUT2D eigenvalue weighted by atomic mass is 10.1. The molecule has 0 spiro atoms. The number of nitrogens with zero attached hydrogens (tertiary/aromatic N) is 4. The lowest BCUT2D eigenvalue weighted by molar-refractivity contribution is -0.125. The van der Waals surface area contributed by atoms with Crippen LogP contribution in [0.5, 0.6) is 11.5 Å². The van der Waals surface area contributed by atoms with Gasteiger partial charge >= 0.3 is 0 Å². The zero-order valence-corrected chi connectivity index (χ0v) is 18.4. The predicted octanol–water partition coefficient (Wildman–Crippen LogP) is 5.64. The van der Waals surface area contributed by atoms with Gasteiger partial charge in [-0.25, -0.2) is 4.39 Å². The molecule has 0 N–H and O–H groups in total. The fourth-order valence-electron chi connectivity index (χ4n) is 4.12. The molecule has 166 valence electrons. The molecule has 1 saturated heterocycles. The van der Waals surface area contributed by atoms with Gasteiger partial charge in [0, 0.05) is 36.4 Å². The van der Waals surface area contributed by atoms with Crippen LogP contribution in [-0.2, 0) is 4.79 Å². The Bertz CT molecular complexity index is 1350. The minimum atomic E-state index is -0.598. The first-order valence-corrected chi connectivity index (χ1v) is 10.9. The summed E-state index contributed by atoms with van der Waals surface area (Å²) in [5, 5.41) is 5.82. The van der Waals surface area contributed by atoms with E-state index in [1.807, 2.05) is 22.9 Å². The summed E-state index contributed by atoms with van der Waals surface area (Å²) in [5.41, 5.74) is 2.62.